The summed E-state index contributed by atoms with van der Waals surface area (Å²) in [5.41, 5.74) is 6.88. The largest absolute Gasteiger partial charge is 0.472 e. The van der Waals surface area contributed by atoms with Crippen LogP contribution in [0.4, 0.5) is 0 Å². The van der Waals surface area contributed by atoms with Gasteiger partial charge in [-0.05, 0) is 24.5 Å². The van der Waals surface area contributed by atoms with Gasteiger partial charge in [-0.3, -0.25) is 4.79 Å². The lowest BCUT2D eigenvalue weighted by Crippen LogP contribution is -2.23. The summed E-state index contributed by atoms with van der Waals surface area (Å²) in [6, 6.07) is 1.85. The van der Waals surface area contributed by atoms with Gasteiger partial charge in [-0.2, -0.15) is 0 Å². The Kier molecular flexibility index (Phi) is 4.19. The van der Waals surface area contributed by atoms with Gasteiger partial charge >= 0.3 is 5.97 Å². The second kappa shape index (κ2) is 5.44. The molecule has 0 aliphatic heterocycles. The first-order chi connectivity index (χ1) is 6.72. The highest BCUT2D eigenvalue weighted by Crippen LogP contribution is 2.06. The van der Waals surface area contributed by atoms with Gasteiger partial charge in [0.25, 0.3) is 0 Å². The predicted octanol–water partition coefficient (Wildman–Crippen LogP) is 1.10. The SMILES string of the molecule is COC(=O)CCC(N)Cc1ccoc1. The summed E-state index contributed by atoms with van der Waals surface area (Å²) in [5, 5.41) is 0. The quantitative estimate of drug-likeness (QED) is 0.718. The van der Waals surface area contributed by atoms with E-state index in [1.165, 1.54) is 7.11 Å². The van der Waals surface area contributed by atoms with E-state index in [0.717, 1.165) is 12.0 Å². The topological polar surface area (TPSA) is 65.5 Å². The molecule has 1 aromatic heterocycles. The average molecular weight is 197 g/mol. The molecule has 1 rings (SSSR count). The molecular weight excluding hydrogens is 182 g/mol. The van der Waals surface area contributed by atoms with Crippen molar-refractivity contribution in [3.8, 4) is 0 Å². The van der Waals surface area contributed by atoms with E-state index in [0.29, 0.717) is 12.8 Å². The number of rotatable bonds is 5. The van der Waals surface area contributed by atoms with Gasteiger partial charge in [0.1, 0.15) is 0 Å². The fraction of sp³-hybridized carbons (Fsp3) is 0.500. The molecule has 0 amide bonds. The standard InChI is InChI=1S/C10H15NO3/c1-13-10(12)3-2-9(11)6-8-4-5-14-7-8/h4-5,7,9H,2-3,6,11H2,1H3. The number of hydrogen-bond acceptors (Lipinski definition) is 4. The van der Waals surface area contributed by atoms with Gasteiger partial charge in [-0.15, -0.1) is 0 Å². The normalized spacial score (nSPS) is 12.4. The predicted molar refractivity (Wildman–Crippen MR) is 51.6 cm³/mol. The van der Waals surface area contributed by atoms with Crippen molar-refractivity contribution in [1.82, 2.24) is 0 Å². The molecule has 0 aliphatic rings. The van der Waals surface area contributed by atoms with Crippen LogP contribution in [-0.4, -0.2) is 19.1 Å². The summed E-state index contributed by atoms with van der Waals surface area (Å²) in [7, 11) is 1.38. The summed E-state index contributed by atoms with van der Waals surface area (Å²) < 4.78 is 9.44. The van der Waals surface area contributed by atoms with Crippen LogP contribution in [-0.2, 0) is 16.0 Å². The van der Waals surface area contributed by atoms with Crippen LogP contribution in [0.3, 0.4) is 0 Å². The number of esters is 1. The zero-order valence-corrected chi connectivity index (χ0v) is 8.23. The molecule has 1 atom stereocenters. The molecule has 0 aromatic carbocycles. The van der Waals surface area contributed by atoms with Gasteiger partial charge in [0, 0.05) is 12.5 Å². The van der Waals surface area contributed by atoms with Crippen LogP contribution in [0.5, 0.6) is 0 Å². The molecule has 78 valence electrons. The van der Waals surface area contributed by atoms with Crippen molar-refractivity contribution in [2.45, 2.75) is 25.3 Å². The average Bonchev–Trinajstić information content (AvgIpc) is 2.66. The minimum absolute atomic E-state index is 0.0216. The zero-order valence-electron chi connectivity index (χ0n) is 8.23. The first-order valence-electron chi connectivity index (χ1n) is 4.56. The maximum atomic E-state index is 10.8. The van der Waals surface area contributed by atoms with E-state index in [1.807, 2.05) is 6.07 Å². The first kappa shape index (κ1) is 10.8. The van der Waals surface area contributed by atoms with Crippen molar-refractivity contribution < 1.29 is 13.9 Å². The number of furan rings is 1. The summed E-state index contributed by atoms with van der Waals surface area (Å²) in [6.45, 7) is 0. The van der Waals surface area contributed by atoms with Gasteiger partial charge in [-0.25, -0.2) is 0 Å². The highest BCUT2D eigenvalue weighted by atomic mass is 16.5. The van der Waals surface area contributed by atoms with E-state index in [-0.39, 0.29) is 12.0 Å². The first-order valence-corrected chi connectivity index (χ1v) is 4.56. The fourth-order valence-electron chi connectivity index (χ4n) is 1.22. The number of ether oxygens (including phenoxy) is 1. The lowest BCUT2D eigenvalue weighted by atomic mass is 10.1. The summed E-state index contributed by atoms with van der Waals surface area (Å²) in [5.74, 6) is -0.215. The maximum Gasteiger partial charge on any atom is 0.305 e. The molecule has 0 spiro atoms. The van der Waals surface area contributed by atoms with Crippen LogP contribution in [0.1, 0.15) is 18.4 Å². The van der Waals surface area contributed by atoms with E-state index < -0.39 is 0 Å². The molecule has 0 saturated carbocycles. The van der Waals surface area contributed by atoms with E-state index in [4.69, 9.17) is 10.2 Å². The molecule has 4 nitrogen and oxygen atoms in total. The second-order valence-electron chi connectivity index (χ2n) is 3.21. The molecule has 0 fully saturated rings. The molecule has 1 unspecified atom stereocenters. The Balaban J connectivity index is 2.22. The smallest absolute Gasteiger partial charge is 0.305 e. The van der Waals surface area contributed by atoms with Crippen LogP contribution < -0.4 is 5.73 Å². The van der Waals surface area contributed by atoms with Crippen molar-refractivity contribution in [3.63, 3.8) is 0 Å². The second-order valence-corrected chi connectivity index (χ2v) is 3.21. The summed E-state index contributed by atoms with van der Waals surface area (Å²) in [6.07, 6.45) is 5.02. The van der Waals surface area contributed by atoms with Gasteiger partial charge in [0.2, 0.25) is 0 Å². The van der Waals surface area contributed by atoms with Crippen molar-refractivity contribution in [2.75, 3.05) is 7.11 Å². The molecule has 0 aliphatic carbocycles. The third-order valence-corrected chi connectivity index (χ3v) is 2.02. The third-order valence-electron chi connectivity index (χ3n) is 2.02. The molecule has 14 heavy (non-hydrogen) atoms. The molecule has 1 heterocycles. The molecule has 0 saturated heterocycles. The number of hydrogen-bond donors (Lipinski definition) is 1. The van der Waals surface area contributed by atoms with Gasteiger partial charge in [0.15, 0.2) is 0 Å². The van der Waals surface area contributed by atoms with Crippen molar-refractivity contribution in [2.24, 2.45) is 5.73 Å². The highest BCUT2D eigenvalue weighted by molar-refractivity contribution is 5.69. The molecular formula is C10H15NO3. The van der Waals surface area contributed by atoms with Crippen LogP contribution in [0.25, 0.3) is 0 Å². The Morgan fingerprint density at radius 3 is 3.07 bits per heavy atom. The number of carbonyl (C=O) groups excluding carboxylic acids is 1. The van der Waals surface area contributed by atoms with Gasteiger partial charge < -0.3 is 14.9 Å². The number of nitrogens with two attached hydrogens (primary N) is 1. The Labute approximate surface area is 83.0 Å². The molecule has 0 radical (unpaired) electrons. The lowest BCUT2D eigenvalue weighted by molar-refractivity contribution is -0.140. The van der Waals surface area contributed by atoms with E-state index >= 15 is 0 Å². The highest BCUT2D eigenvalue weighted by Gasteiger charge is 2.08. The fourth-order valence-corrected chi connectivity index (χ4v) is 1.22. The van der Waals surface area contributed by atoms with Gasteiger partial charge in [-0.1, -0.05) is 0 Å². The van der Waals surface area contributed by atoms with E-state index in [1.54, 1.807) is 12.5 Å². The number of methoxy groups -OCH3 is 1. The monoisotopic (exact) mass is 197 g/mol. The molecule has 2 N–H and O–H groups in total. The lowest BCUT2D eigenvalue weighted by Gasteiger charge is -2.08. The van der Waals surface area contributed by atoms with Crippen molar-refractivity contribution in [3.05, 3.63) is 24.2 Å². The van der Waals surface area contributed by atoms with Crippen LogP contribution in [0.15, 0.2) is 23.0 Å². The maximum absolute atomic E-state index is 10.8. The summed E-state index contributed by atoms with van der Waals surface area (Å²) >= 11 is 0. The Bertz CT molecular complexity index is 269. The summed E-state index contributed by atoms with van der Waals surface area (Å²) in [4.78, 5) is 10.8. The van der Waals surface area contributed by atoms with E-state index in [2.05, 4.69) is 4.74 Å². The molecule has 0 bridgehead atoms. The Morgan fingerprint density at radius 1 is 1.71 bits per heavy atom. The number of carbonyl (C=O) groups is 1. The van der Waals surface area contributed by atoms with Gasteiger partial charge in [0.05, 0.1) is 19.6 Å². The Morgan fingerprint density at radius 2 is 2.50 bits per heavy atom. The van der Waals surface area contributed by atoms with Crippen LogP contribution >= 0.6 is 0 Å². The Hall–Kier alpha value is -1.29. The third kappa shape index (κ3) is 3.62. The molecule has 4 heteroatoms. The van der Waals surface area contributed by atoms with Crippen LogP contribution in [0.2, 0.25) is 0 Å². The van der Waals surface area contributed by atoms with Crippen molar-refractivity contribution in [1.29, 1.82) is 0 Å². The van der Waals surface area contributed by atoms with Crippen LogP contribution in [0, 0.1) is 0 Å². The minimum atomic E-state index is -0.215. The molecule has 1 aromatic rings. The van der Waals surface area contributed by atoms with E-state index in [9.17, 15) is 4.79 Å². The zero-order chi connectivity index (χ0) is 10.4. The van der Waals surface area contributed by atoms with Crippen molar-refractivity contribution >= 4 is 5.97 Å². The minimum Gasteiger partial charge on any atom is -0.472 e.